The summed E-state index contributed by atoms with van der Waals surface area (Å²) in [7, 11) is -4.32. The Balaban J connectivity index is 2.11. The molecule has 1 heterocycles. The standard InChI is InChI=1S/C30H43N4O9P/c1-29(2)12-6-7-21(20-10-8-19(9-11-20)17-44(41,42)43)22(15-25(36)37)26(38)34-30(13-4-3-5-14-30)28(40)33-23(16-24(31)35)27(39)32-18-29/h6-11,21-23H,3-5,12-18H2,1-2H3,(H2,31,35)(H,32,39)(H,33,40)(H,34,38)(H,36,37)(H2,41,42,43)/b7-6+/t21-,22+,23+/m1/s1. The minimum atomic E-state index is -4.32. The highest BCUT2D eigenvalue weighted by Crippen LogP contribution is 2.40. The van der Waals surface area contributed by atoms with Crippen LogP contribution in [0.4, 0.5) is 0 Å². The van der Waals surface area contributed by atoms with E-state index in [2.05, 4.69) is 16.0 Å². The molecule has 3 atom stereocenters. The second-order valence-electron chi connectivity index (χ2n) is 12.6. The van der Waals surface area contributed by atoms with Crippen molar-refractivity contribution in [2.24, 2.45) is 17.1 Å². The Bertz CT molecular complexity index is 1320. The molecule has 0 bridgehead atoms. The number of carbonyl (C=O) groups is 5. The van der Waals surface area contributed by atoms with Gasteiger partial charge in [0.2, 0.25) is 23.6 Å². The lowest BCUT2D eigenvalue weighted by Gasteiger charge is -2.39. The number of rotatable bonds is 7. The highest BCUT2D eigenvalue weighted by Gasteiger charge is 2.45. The van der Waals surface area contributed by atoms with Crippen molar-refractivity contribution >= 4 is 37.2 Å². The number of amides is 4. The summed E-state index contributed by atoms with van der Waals surface area (Å²) in [6.07, 6.45) is 5.00. The van der Waals surface area contributed by atoms with E-state index in [4.69, 9.17) is 5.73 Å². The van der Waals surface area contributed by atoms with Crippen molar-refractivity contribution in [1.82, 2.24) is 16.0 Å². The summed E-state index contributed by atoms with van der Waals surface area (Å²) < 4.78 is 11.5. The summed E-state index contributed by atoms with van der Waals surface area (Å²) in [5, 5.41) is 18.1. The molecule has 0 unspecified atom stereocenters. The highest BCUT2D eigenvalue weighted by atomic mass is 31.2. The lowest BCUT2D eigenvalue weighted by atomic mass is 9.78. The quantitative estimate of drug-likeness (QED) is 0.171. The Morgan fingerprint density at radius 3 is 2.20 bits per heavy atom. The fourth-order valence-electron chi connectivity index (χ4n) is 5.79. The van der Waals surface area contributed by atoms with Crippen LogP contribution in [0, 0.1) is 11.3 Å². The molecule has 242 valence electrons. The molecule has 2 aliphatic rings. The second-order valence-corrected chi connectivity index (χ2v) is 14.3. The molecule has 1 aliphatic heterocycles. The van der Waals surface area contributed by atoms with E-state index in [9.17, 15) is 43.4 Å². The van der Waals surface area contributed by atoms with Gasteiger partial charge in [-0.05, 0) is 35.8 Å². The van der Waals surface area contributed by atoms with Crippen molar-refractivity contribution in [2.45, 2.75) is 88.9 Å². The largest absolute Gasteiger partial charge is 0.481 e. The van der Waals surface area contributed by atoms with Crippen LogP contribution in [0.2, 0.25) is 0 Å². The molecule has 1 aromatic carbocycles. The zero-order valence-electron chi connectivity index (χ0n) is 25.1. The van der Waals surface area contributed by atoms with E-state index < -0.39 is 85.0 Å². The minimum Gasteiger partial charge on any atom is -0.481 e. The van der Waals surface area contributed by atoms with E-state index in [0.717, 1.165) is 6.42 Å². The van der Waals surface area contributed by atoms with Gasteiger partial charge in [-0.3, -0.25) is 28.5 Å². The normalized spacial score (nSPS) is 25.5. The van der Waals surface area contributed by atoms with E-state index in [1.54, 1.807) is 18.2 Å². The number of carboxylic acids is 1. The van der Waals surface area contributed by atoms with Crippen LogP contribution in [0.15, 0.2) is 36.4 Å². The van der Waals surface area contributed by atoms with Gasteiger partial charge in [-0.1, -0.05) is 69.5 Å². The fourth-order valence-corrected chi connectivity index (χ4v) is 6.47. The number of hydrogen-bond donors (Lipinski definition) is 7. The molecule has 8 N–H and O–H groups in total. The first-order valence-corrected chi connectivity index (χ1v) is 16.5. The number of primary amides is 1. The first-order valence-electron chi connectivity index (χ1n) is 14.7. The number of hydrogen-bond acceptors (Lipinski definition) is 6. The summed E-state index contributed by atoms with van der Waals surface area (Å²) >= 11 is 0. The zero-order chi connectivity index (χ0) is 32.7. The van der Waals surface area contributed by atoms with Crippen molar-refractivity contribution in [3.8, 4) is 0 Å². The molecule has 44 heavy (non-hydrogen) atoms. The molecule has 14 heteroatoms. The van der Waals surface area contributed by atoms with Crippen molar-refractivity contribution in [2.75, 3.05) is 6.54 Å². The van der Waals surface area contributed by atoms with Gasteiger partial charge in [-0.2, -0.15) is 0 Å². The highest BCUT2D eigenvalue weighted by molar-refractivity contribution is 7.50. The molecule has 3 rings (SSSR count). The number of nitrogens with one attached hydrogen (secondary N) is 3. The molecule has 1 aliphatic carbocycles. The van der Waals surface area contributed by atoms with Crippen LogP contribution in [-0.4, -0.2) is 62.6 Å². The first-order chi connectivity index (χ1) is 20.5. The van der Waals surface area contributed by atoms with Gasteiger partial charge in [0.15, 0.2) is 0 Å². The number of carbonyl (C=O) groups excluding carboxylic acids is 4. The first kappa shape index (κ1) is 34.9. The van der Waals surface area contributed by atoms with Crippen LogP contribution >= 0.6 is 7.60 Å². The van der Waals surface area contributed by atoms with Crippen LogP contribution in [0.25, 0.3) is 0 Å². The number of aliphatic carboxylic acids is 1. The predicted molar refractivity (Wildman–Crippen MR) is 161 cm³/mol. The summed E-state index contributed by atoms with van der Waals surface area (Å²) in [6, 6.07) is 5.02. The van der Waals surface area contributed by atoms with Gasteiger partial charge in [0, 0.05) is 12.5 Å². The maximum absolute atomic E-state index is 14.1. The Hall–Kier alpha value is -3.54. The molecule has 0 radical (unpaired) electrons. The monoisotopic (exact) mass is 634 g/mol. The molecule has 1 fully saturated rings. The lowest BCUT2D eigenvalue weighted by Crippen LogP contribution is -2.64. The lowest BCUT2D eigenvalue weighted by molar-refractivity contribution is -0.143. The Kier molecular flexibility index (Phi) is 11.5. The Morgan fingerprint density at radius 1 is 1.00 bits per heavy atom. The van der Waals surface area contributed by atoms with Crippen molar-refractivity contribution < 1.29 is 43.4 Å². The second kappa shape index (κ2) is 14.5. The minimum absolute atomic E-state index is 0.184. The number of nitrogens with two attached hydrogens (primary N) is 1. The molecular weight excluding hydrogens is 591 g/mol. The number of allylic oxidation sites excluding steroid dienone is 2. The van der Waals surface area contributed by atoms with E-state index in [-0.39, 0.29) is 19.4 Å². The molecule has 0 saturated heterocycles. The van der Waals surface area contributed by atoms with Crippen molar-refractivity contribution in [3.63, 3.8) is 0 Å². The third kappa shape index (κ3) is 10.0. The van der Waals surface area contributed by atoms with Gasteiger partial charge < -0.3 is 36.6 Å². The third-order valence-corrected chi connectivity index (χ3v) is 8.98. The summed E-state index contributed by atoms with van der Waals surface area (Å²) in [6.45, 7) is 3.97. The van der Waals surface area contributed by atoms with Crippen LogP contribution in [0.5, 0.6) is 0 Å². The maximum atomic E-state index is 14.1. The van der Waals surface area contributed by atoms with E-state index in [0.29, 0.717) is 30.4 Å². The Labute approximate surface area is 256 Å². The SMILES string of the molecule is CC1(C)C/C=C/[C@H](c2ccc(CP(=O)(O)O)cc2)[C@H](CC(=O)O)C(=O)NC2(CCCCC2)C(=O)N[C@@H](CC(N)=O)C(=O)NC1. The summed E-state index contributed by atoms with van der Waals surface area (Å²) in [4.78, 5) is 83.6. The summed E-state index contributed by atoms with van der Waals surface area (Å²) in [5.74, 6) is -5.83. The third-order valence-electron chi connectivity index (χ3n) is 8.20. The van der Waals surface area contributed by atoms with Crippen LogP contribution in [0.1, 0.15) is 82.3 Å². The average molecular weight is 635 g/mol. The smallest absolute Gasteiger partial charge is 0.329 e. The van der Waals surface area contributed by atoms with E-state index in [1.807, 2.05) is 19.9 Å². The van der Waals surface area contributed by atoms with Gasteiger partial charge >= 0.3 is 13.6 Å². The van der Waals surface area contributed by atoms with Crippen molar-refractivity contribution in [1.29, 1.82) is 0 Å². The van der Waals surface area contributed by atoms with E-state index in [1.165, 1.54) is 12.1 Å². The van der Waals surface area contributed by atoms with Crippen LogP contribution in [-0.2, 0) is 34.7 Å². The van der Waals surface area contributed by atoms with E-state index >= 15 is 0 Å². The number of carboxylic acid groups (broad SMARTS) is 1. The molecule has 1 spiro atoms. The molecule has 0 aromatic heterocycles. The average Bonchev–Trinajstić information content (AvgIpc) is 2.92. The van der Waals surface area contributed by atoms with Crippen LogP contribution in [0.3, 0.4) is 0 Å². The van der Waals surface area contributed by atoms with Gasteiger partial charge in [-0.25, -0.2) is 0 Å². The molecule has 1 aromatic rings. The Morgan fingerprint density at radius 2 is 1.64 bits per heavy atom. The topological polar surface area (TPSA) is 225 Å². The molecule has 13 nitrogen and oxygen atoms in total. The predicted octanol–water partition coefficient (Wildman–Crippen LogP) is 1.82. The fraction of sp³-hybridized carbons (Fsp3) is 0.567. The van der Waals surface area contributed by atoms with Crippen LogP contribution < -0.4 is 21.7 Å². The van der Waals surface area contributed by atoms with Gasteiger partial charge in [0.25, 0.3) is 0 Å². The van der Waals surface area contributed by atoms with Gasteiger partial charge in [0.1, 0.15) is 11.6 Å². The molecule has 1 saturated carbocycles. The van der Waals surface area contributed by atoms with Gasteiger partial charge in [0.05, 0.1) is 24.9 Å². The number of benzene rings is 1. The van der Waals surface area contributed by atoms with Gasteiger partial charge in [-0.15, -0.1) is 0 Å². The molecular formula is C30H43N4O9P. The maximum Gasteiger partial charge on any atom is 0.329 e. The summed E-state index contributed by atoms with van der Waals surface area (Å²) in [5.41, 5.74) is 4.36. The van der Waals surface area contributed by atoms with Crippen molar-refractivity contribution in [3.05, 3.63) is 47.5 Å². The molecule has 4 amide bonds. The zero-order valence-corrected chi connectivity index (χ0v) is 26.0.